The van der Waals surface area contributed by atoms with E-state index in [1.807, 2.05) is 60.1 Å². The second kappa shape index (κ2) is 9.58. The Balaban J connectivity index is 1.48. The van der Waals surface area contributed by atoms with Gasteiger partial charge < -0.3 is 14.0 Å². The number of nitrogens with zero attached hydrogens (tertiary/aromatic N) is 2. The van der Waals surface area contributed by atoms with Crippen LogP contribution in [0.2, 0.25) is 5.02 Å². The van der Waals surface area contributed by atoms with Crippen molar-refractivity contribution in [1.82, 2.24) is 9.99 Å². The van der Waals surface area contributed by atoms with E-state index in [2.05, 4.69) is 10.5 Å². The molecule has 0 aliphatic carbocycles. The number of hydrogen-bond acceptors (Lipinski definition) is 4. The molecule has 0 saturated heterocycles. The molecule has 0 unspecified atom stereocenters. The van der Waals surface area contributed by atoms with Crippen molar-refractivity contribution >= 4 is 34.6 Å². The summed E-state index contributed by atoms with van der Waals surface area (Å²) in [6, 6.07) is 20.6. The molecule has 0 spiro atoms. The molecule has 32 heavy (non-hydrogen) atoms. The van der Waals surface area contributed by atoms with Crippen LogP contribution in [0.25, 0.3) is 10.9 Å². The molecule has 6 nitrogen and oxygen atoms in total. The quantitative estimate of drug-likeness (QED) is 0.313. The summed E-state index contributed by atoms with van der Waals surface area (Å²) in [5.74, 6) is 1.07. The molecule has 0 radical (unpaired) electrons. The van der Waals surface area contributed by atoms with Crippen LogP contribution in [-0.4, -0.2) is 23.8 Å². The molecular formula is C25H22ClN3O3. The van der Waals surface area contributed by atoms with Crippen molar-refractivity contribution in [3.05, 3.63) is 94.6 Å². The third kappa shape index (κ3) is 4.76. The Morgan fingerprint density at radius 1 is 1.12 bits per heavy atom. The Labute approximate surface area is 191 Å². The molecule has 1 aromatic heterocycles. The monoisotopic (exact) mass is 447 g/mol. The molecule has 0 aliphatic rings. The fourth-order valence-corrected chi connectivity index (χ4v) is 3.60. The summed E-state index contributed by atoms with van der Waals surface area (Å²) >= 11 is 6.16. The Kier molecular flexibility index (Phi) is 6.42. The van der Waals surface area contributed by atoms with E-state index in [1.54, 1.807) is 31.5 Å². The highest BCUT2D eigenvalue weighted by molar-refractivity contribution is 6.30. The Morgan fingerprint density at radius 2 is 1.97 bits per heavy atom. The molecule has 4 aromatic rings. The lowest BCUT2D eigenvalue weighted by Gasteiger charge is -2.10. The van der Waals surface area contributed by atoms with Gasteiger partial charge in [-0.3, -0.25) is 4.79 Å². The predicted molar refractivity (Wildman–Crippen MR) is 127 cm³/mol. The van der Waals surface area contributed by atoms with Crippen LogP contribution in [-0.2, 0) is 13.7 Å². The number of methoxy groups -OCH3 is 1. The van der Waals surface area contributed by atoms with E-state index in [4.69, 9.17) is 21.1 Å². The molecule has 4 rings (SSSR count). The number of aryl methyl sites for hydroxylation is 1. The summed E-state index contributed by atoms with van der Waals surface area (Å²) in [6.07, 6.45) is 3.31. The Bertz CT molecular complexity index is 1300. The largest absolute Gasteiger partial charge is 0.497 e. The number of carbonyl (C=O) groups is 1. The van der Waals surface area contributed by atoms with E-state index in [0.29, 0.717) is 28.5 Å². The highest BCUT2D eigenvalue weighted by atomic mass is 35.5. The molecule has 1 amide bonds. The standard InChI is InChI=1S/C25H22ClN3O3/c1-29-15-22(21-8-3-4-9-23(21)29)25(30)28-27-14-18-13-19(26)10-11-24(18)32-16-17-6-5-7-20(12-17)31-2/h3-15H,16H2,1-2H3,(H,28,30)/b27-14+. The number of carbonyl (C=O) groups excluding carboxylic acids is 1. The van der Waals surface area contributed by atoms with E-state index in [1.165, 1.54) is 6.21 Å². The van der Waals surface area contributed by atoms with Gasteiger partial charge in [0.1, 0.15) is 18.1 Å². The Morgan fingerprint density at radius 3 is 2.81 bits per heavy atom. The van der Waals surface area contributed by atoms with Gasteiger partial charge in [0, 0.05) is 34.7 Å². The summed E-state index contributed by atoms with van der Waals surface area (Å²) in [5.41, 5.74) is 5.74. The zero-order valence-corrected chi connectivity index (χ0v) is 18.5. The summed E-state index contributed by atoms with van der Waals surface area (Å²) in [4.78, 5) is 12.7. The number of amides is 1. The van der Waals surface area contributed by atoms with Crippen molar-refractivity contribution in [2.75, 3.05) is 7.11 Å². The van der Waals surface area contributed by atoms with E-state index in [9.17, 15) is 4.79 Å². The molecule has 162 valence electrons. The van der Waals surface area contributed by atoms with Crippen molar-refractivity contribution in [3.8, 4) is 11.5 Å². The second-order valence-corrected chi connectivity index (χ2v) is 7.63. The maximum absolute atomic E-state index is 12.7. The van der Waals surface area contributed by atoms with Crippen LogP contribution >= 0.6 is 11.6 Å². The van der Waals surface area contributed by atoms with Gasteiger partial charge in [-0.25, -0.2) is 5.43 Å². The third-order valence-electron chi connectivity index (χ3n) is 5.01. The van der Waals surface area contributed by atoms with Crippen molar-refractivity contribution in [3.63, 3.8) is 0 Å². The SMILES string of the molecule is COc1cccc(COc2ccc(Cl)cc2/C=N/NC(=O)c2cn(C)c3ccccc23)c1. The van der Waals surface area contributed by atoms with E-state index in [0.717, 1.165) is 22.2 Å². The molecule has 0 aliphatic heterocycles. The van der Waals surface area contributed by atoms with E-state index in [-0.39, 0.29) is 5.91 Å². The molecule has 3 aromatic carbocycles. The van der Waals surface area contributed by atoms with E-state index >= 15 is 0 Å². The number of hydrogen-bond donors (Lipinski definition) is 1. The van der Waals surface area contributed by atoms with Crippen LogP contribution in [0.5, 0.6) is 11.5 Å². The number of aromatic nitrogens is 1. The van der Waals surface area contributed by atoms with Crippen molar-refractivity contribution in [1.29, 1.82) is 0 Å². The molecule has 0 bridgehead atoms. The van der Waals surface area contributed by atoms with Gasteiger partial charge in [-0.2, -0.15) is 5.10 Å². The van der Waals surface area contributed by atoms with Gasteiger partial charge in [0.25, 0.3) is 5.91 Å². The van der Waals surface area contributed by atoms with Gasteiger partial charge in [0.2, 0.25) is 0 Å². The maximum Gasteiger partial charge on any atom is 0.273 e. The normalized spacial score (nSPS) is 11.1. The lowest BCUT2D eigenvalue weighted by Crippen LogP contribution is -2.17. The number of ether oxygens (including phenoxy) is 2. The minimum absolute atomic E-state index is 0.293. The van der Waals surface area contributed by atoms with Gasteiger partial charge in [-0.15, -0.1) is 0 Å². The highest BCUT2D eigenvalue weighted by Crippen LogP contribution is 2.24. The zero-order chi connectivity index (χ0) is 22.5. The zero-order valence-electron chi connectivity index (χ0n) is 17.7. The lowest BCUT2D eigenvalue weighted by atomic mass is 10.2. The van der Waals surface area contributed by atoms with Crippen molar-refractivity contribution in [2.24, 2.45) is 12.1 Å². The number of para-hydroxylation sites is 1. The fraction of sp³-hybridized carbons (Fsp3) is 0.120. The predicted octanol–water partition coefficient (Wildman–Crippen LogP) is 5.18. The first-order chi connectivity index (χ1) is 15.5. The molecule has 0 atom stereocenters. The smallest absolute Gasteiger partial charge is 0.273 e. The third-order valence-corrected chi connectivity index (χ3v) is 5.25. The summed E-state index contributed by atoms with van der Waals surface area (Å²) < 4.78 is 13.1. The van der Waals surface area contributed by atoms with Gasteiger partial charge >= 0.3 is 0 Å². The maximum atomic E-state index is 12.7. The number of benzene rings is 3. The molecular weight excluding hydrogens is 426 g/mol. The van der Waals surface area contributed by atoms with Crippen LogP contribution in [0.15, 0.2) is 78.0 Å². The summed E-state index contributed by atoms with van der Waals surface area (Å²) in [5, 5.41) is 5.54. The van der Waals surface area contributed by atoms with Gasteiger partial charge in [-0.05, 0) is 42.0 Å². The van der Waals surface area contributed by atoms with Crippen molar-refractivity contribution < 1.29 is 14.3 Å². The molecule has 0 fully saturated rings. The topological polar surface area (TPSA) is 64.8 Å². The van der Waals surface area contributed by atoms with Gasteiger partial charge in [-0.1, -0.05) is 41.9 Å². The molecule has 1 heterocycles. The molecule has 7 heteroatoms. The molecule has 0 saturated carbocycles. The minimum Gasteiger partial charge on any atom is -0.497 e. The second-order valence-electron chi connectivity index (χ2n) is 7.19. The first kappa shape index (κ1) is 21.5. The van der Waals surface area contributed by atoms with Crippen LogP contribution in [0.1, 0.15) is 21.5 Å². The summed E-state index contributed by atoms with van der Waals surface area (Å²) in [6.45, 7) is 0.349. The number of nitrogens with one attached hydrogen (secondary N) is 1. The van der Waals surface area contributed by atoms with Gasteiger partial charge in [0.15, 0.2) is 0 Å². The minimum atomic E-state index is -0.293. The molecule has 1 N–H and O–H groups in total. The number of halogens is 1. The lowest BCUT2D eigenvalue weighted by molar-refractivity contribution is 0.0956. The van der Waals surface area contributed by atoms with Crippen LogP contribution in [0.3, 0.4) is 0 Å². The first-order valence-electron chi connectivity index (χ1n) is 9.98. The van der Waals surface area contributed by atoms with Crippen molar-refractivity contribution in [2.45, 2.75) is 6.61 Å². The van der Waals surface area contributed by atoms with Crippen LogP contribution < -0.4 is 14.9 Å². The average molecular weight is 448 g/mol. The van der Waals surface area contributed by atoms with Gasteiger partial charge in [0.05, 0.1) is 18.9 Å². The number of rotatable bonds is 7. The average Bonchev–Trinajstić information content (AvgIpc) is 3.15. The van der Waals surface area contributed by atoms with Crippen LogP contribution in [0.4, 0.5) is 0 Å². The van der Waals surface area contributed by atoms with E-state index < -0.39 is 0 Å². The van der Waals surface area contributed by atoms with Crippen LogP contribution in [0, 0.1) is 0 Å². The summed E-state index contributed by atoms with van der Waals surface area (Å²) in [7, 11) is 3.53. The fourth-order valence-electron chi connectivity index (χ4n) is 3.42. The number of fused-ring (bicyclic) bond motifs is 1. The highest BCUT2D eigenvalue weighted by Gasteiger charge is 2.13. The Hall–Kier alpha value is -3.77. The number of hydrazone groups is 1. The first-order valence-corrected chi connectivity index (χ1v) is 10.4.